The maximum atomic E-state index is 10.2. The molecule has 0 unspecified atom stereocenters. The second-order valence-electron chi connectivity index (χ2n) is 6.90. The molecule has 0 atom stereocenters. The van der Waals surface area contributed by atoms with Gasteiger partial charge >= 0.3 is 0 Å². The predicted molar refractivity (Wildman–Crippen MR) is 117 cm³/mol. The number of aromatic nitrogens is 1. The standard InChI is InChI=1S/C23H20Cl2N2O/c24-20-14-21(25)23(28)22-19(20)9-8-18(26-22)7-6-16-10-12-27(13-11-16)15-17-4-2-1-3-5-17/h1-10,14,28H,11-13,15H2/b7-6+. The van der Waals surface area contributed by atoms with E-state index in [-0.39, 0.29) is 10.8 Å². The van der Waals surface area contributed by atoms with Gasteiger partial charge in [-0.25, -0.2) is 4.98 Å². The molecule has 0 aliphatic carbocycles. The molecular weight excluding hydrogens is 391 g/mol. The highest BCUT2D eigenvalue weighted by molar-refractivity contribution is 6.39. The van der Waals surface area contributed by atoms with Crippen molar-refractivity contribution in [1.82, 2.24) is 9.88 Å². The molecule has 0 fully saturated rings. The second kappa shape index (κ2) is 8.36. The molecule has 2 heterocycles. The van der Waals surface area contributed by atoms with Crippen LogP contribution in [0.3, 0.4) is 0 Å². The van der Waals surface area contributed by atoms with Crippen LogP contribution in [0.5, 0.6) is 5.75 Å². The van der Waals surface area contributed by atoms with E-state index in [4.69, 9.17) is 23.2 Å². The van der Waals surface area contributed by atoms with Crippen LogP contribution >= 0.6 is 23.2 Å². The number of fused-ring (bicyclic) bond motifs is 1. The van der Waals surface area contributed by atoms with E-state index in [2.05, 4.69) is 46.3 Å². The predicted octanol–water partition coefficient (Wildman–Crippen LogP) is 6.09. The third kappa shape index (κ3) is 4.22. The number of phenols is 1. The Morgan fingerprint density at radius 1 is 1.04 bits per heavy atom. The van der Waals surface area contributed by atoms with Gasteiger partial charge in [-0.1, -0.05) is 65.7 Å². The molecule has 142 valence electrons. The monoisotopic (exact) mass is 410 g/mol. The normalized spacial score (nSPS) is 15.3. The summed E-state index contributed by atoms with van der Waals surface area (Å²) >= 11 is 12.2. The van der Waals surface area contributed by atoms with Crippen molar-refractivity contribution in [3.8, 4) is 5.75 Å². The summed E-state index contributed by atoms with van der Waals surface area (Å²) in [5.41, 5.74) is 3.81. The second-order valence-corrected chi connectivity index (χ2v) is 7.72. The van der Waals surface area contributed by atoms with Gasteiger partial charge in [0, 0.05) is 25.0 Å². The molecule has 0 amide bonds. The number of halogens is 2. The number of phenolic OH excluding ortho intramolecular Hbond substituents is 1. The molecule has 1 aromatic heterocycles. The van der Waals surface area contributed by atoms with Gasteiger partial charge in [-0.3, -0.25) is 4.90 Å². The molecule has 3 nitrogen and oxygen atoms in total. The van der Waals surface area contributed by atoms with Crippen molar-refractivity contribution in [3.63, 3.8) is 0 Å². The molecule has 2 aromatic carbocycles. The number of allylic oxidation sites excluding steroid dienone is 1. The van der Waals surface area contributed by atoms with Crippen LogP contribution in [0, 0.1) is 0 Å². The smallest absolute Gasteiger partial charge is 0.160 e. The van der Waals surface area contributed by atoms with Crippen LogP contribution in [-0.2, 0) is 6.54 Å². The maximum Gasteiger partial charge on any atom is 0.160 e. The molecule has 1 aliphatic heterocycles. The summed E-state index contributed by atoms with van der Waals surface area (Å²) < 4.78 is 0. The lowest BCUT2D eigenvalue weighted by Gasteiger charge is -2.25. The van der Waals surface area contributed by atoms with Crippen LogP contribution in [0.15, 0.2) is 66.3 Å². The van der Waals surface area contributed by atoms with Gasteiger partial charge in [0.25, 0.3) is 0 Å². The first-order valence-corrected chi connectivity index (χ1v) is 9.97. The molecule has 0 saturated heterocycles. The van der Waals surface area contributed by atoms with Crippen LogP contribution in [0.1, 0.15) is 17.7 Å². The highest BCUT2D eigenvalue weighted by atomic mass is 35.5. The Hall–Kier alpha value is -2.33. The quantitative estimate of drug-likeness (QED) is 0.564. The lowest BCUT2D eigenvalue weighted by atomic mass is 10.1. The molecule has 1 N–H and O–H groups in total. The van der Waals surface area contributed by atoms with Crippen LogP contribution in [-0.4, -0.2) is 28.1 Å². The van der Waals surface area contributed by atoms with Crippen molar-refractivity contribution in [2.45, 2.75) is 13.0 Å². The minimum atomic E-state index is -0.0373. The topological polar surface area (TPSA) is 36.4 Å². The summed E-state index contributed by atoms with van der Waals surface area (Å²) in [4.78, 5) is 6.94. The molecule has 3 aromatic rings. The van der Waals surface area contributed by atoms with Crippen molar-refractivity contribution in [1.29, 1.82) is 0 Å². The Morgan fingerprint density at radius 3 is 2.61 bits per heavy atom. The first kappa shape index (κ1) is 19.0. The maximum absolute atomic E-state index is 10.2. The summed E-state index contributed by atoms with van der Waals surface area (Å²) in [7, 11) is 0. The molecule has 4 rings (SSSR count). The zero-order valence-corrected chi connectivity index (χ0v) is 16.8. The van der Waals surface area contributed by atoms with Gasteiger partial charge in [0.2, 0.25) is 0 Å². The Bertz CT molecular complexity index is 1060. The van der Waals surface area contributed by atoms with E-state index in [1.807, 2.05) is 24.3 Å². The Balaban J connectivity index is 1.47. The number of benzene rings is 2. The number of nitrogens with zero attached hydrogens (tertiary/aromatic N) is 2. The van der Waals surface area contributed by atoms with Crippen LogP contribution in [0.2, 0.25) is 10.0 Å². The summed E-state index contributed by atoms with van der Waals surface area (Å²) in [6, 6.07) is 15.8. The number of hydrogen-bond donors (Lipinski definition) is 1. The van der Waals surface area contributed by atoms with E-state index in [1.54, 1.807) is 0 Å². The van der Waals surface area contributed by atoms with Crippen molar-refractivity contribution in [2.24, 2.45) is 0 Å². The molecule has 0 radical (unpaired) electrons. The molecule has 1 aliphatic rings. The number of pyridine rings is 1. The fourth-order valence-corrected chi connectivity index (χ4v) is 3.88. The zero-order valence-electron chi connectivity index (χ0n) is 15.3. The number of hydrogen-bond acceptors (Lipinski definition) is 3. The molecule has 0 bridgehead atoms. The largest absolute Gasteiger partial charge is 0.504 e. The van der Waals surface area contributed by atoms with E-state index in [1.165, 1.54) is 17.2 Å². The van der Waals surface area contributed by atoms with Gasteiger partial charge in [0.05, 0.1) is 15.7 Å². The lowest BCUT2D eigenvalue weighted by Crippen LogP contribution is -2.27. The SMILES string of the molecule is Oc1c(Cl)cc(Cl)c2ccc(/C=C/C3=CCN(Cc4ccccc4)CC3)nc12. The Labute approximate surface area is 174 Å². The van der Waals surface area contributed by atoms with Crippen molar-refractivity contribution in [2.75, 3.05) is 13.1 Å². The average Bonchev–Trinajstić information content (AvgIpc) is 2.72. The number of aromatic hydroxyl groups is 1. The summed E-state index contributed by atoms with van der Waals surface area (Å²) in [6.07, 6.45) is 7.32. The third-order valence-corrected chi connectivity index (χ3v) is 5.52. The molecule has 5 heteroatoms. The number of rotatable bonds is 4. The Kier molecular flexibility index (Phi) is 5.67. The van der Waals surface area contributed by atoms with Crippen LogP contribution in [0.4, 0.5) is 0 Å². The molecule has 0 saturated carbocycles. The summed E-state index contributed by atoms with van der Waals surface area (Å²) in [5.74, 6) is -0.0373. The average molecular weight is 411 g/mol. The van der Waals surface area contributed by atoms with E-state index in [0.29, 0.717) is 15.9 Å². The zero-order chi connectivity index (χ0) is 19.5. The van der Waals surface area contributed by atoms with Crippen LogP contribution < -0.4 is 0 Å². The van der Waals surface area contributed by atoms with Gasteiger partial charge in [-0.05, 0) is 41.8 Å². The molecule has 28 heavy (non-hydrogen) atoms. The van der Waals surface area contributed by atoms with Gasteiger partial charge < -0.3 is 5.11 Å². The first-order chi connectivity index (χ1) is 13.6. The van der Waals surface area contributed by atoms with Gasteiger partial charge in [-0.2, -0.15) is 0 Å². The third-order valence-electron chi connectivity index (χ3n) is 4.92. The van der Waals surface area contributed by atoms with Crippen molar-refractivity contribution >= 4 is 40.2 Å². The first-order valence-electron chi connectivity index (χ1n) is 9.21. The summed E-state index contributed by atoms with van der Waals surface area (Å²) in [5, 5.41) is 11.6. The minimum absolute atomic E-state index is 0.0373. The molecular formula is C23H20Cl2N2O. The van der Waals surface area contributed by atoms with E-state index in [0.717, 1.165) is 31.7 Å². The highest BCUT2D eigenvalue weighted by Gasteiger charge is 2.12. The Morgan fingerprint density at radius 2 is 1.86 bits per heavy atom. The fraction of sp³-hybridized carbons (Fsp3) is 0.174. The van der Waals surface area contributed by atoms with Gasteiger partial charge in [-0.15, -0.1) is 0 Å². The van der Waals surface area contributed by atoms with Crippen molar-refractivity contribution < 1.29 is 5.11 Å². The molecule has 0 spiro atoms. The van der Waals surface area contributed by atoms with E-state index in [9.17, 15) is 5.11 Å². The van der Waals surface area contributed by atoms with Gasteiger partial charge in [0.1, 0.15) is 5.52 Å². The fourth-order valence-electron chi connectivity index (χ4n) is 3.37. The lowest BCUT2D eigenvalue weighted by molar-refractivity contribution is 0.287. The van der Waals surface area contributed by atoms with Gasteiger partial charge in [0.15, 0.2) is 5.75 Å². The van der Waals surface area contributed by atoms with E-state index < -0.39 is 0 Å². The van der Waals surface area contributed by atoms with E-state index >= 15 is 0 Å². The highest BCUT2D eigenvalue weighted by Crippen LogP contribution is 2.36. The summed E-state index contributed by atoms with van der Waals surface area (Å²) in [6.45, 7) is 2.94. The minimum Gasteiger partial charge on any atom is -0.504 e. The van der Waals surface area contributed by atoms with Crippen LogP contribution in [0.25, 0.3) is 17.0 Å². The van der Waals surface area contributed by atoms with Crippen molar-refractivity contribution in [3.05, 3.63) is 87.6 Å².